The Morgan fingerprint density at radius 3 is 1.54 bits per heavy atom. The number of aromatic nitrogens is 4. The van der Waals surface area contributed by atoms with E-state index in [0.29, 0.717) is 24.1 Å². The predicted molar refractivity (Wildman–Crippen MR) is 165 cm³/mol. The lowest BCUT2D eigenvalue weighted by molar-refractivity contribution is 0.0599. The van der Waals surface area contributed by atoms with Gasteiger partial charge in [0.25, 0.3) is 0 Å². The van der Waals surface area contributed by atoms with Crippen LogP contribution in [0.3, 0.4) is 0 Å². The molecule has 0 radical (unpaired) electrons. The van der Waals surface area contributed by atoms with Gasteiger partial charge in [-0.15, -0.1) is 0 Å². The molecule has 0 amide bonds. The molecule has 4 rings (SSSR count). The van der Waals surface area contributed by atoms with E-state index in [2.05, 4.69) is 14.9 Å². The molecule has 0 saturated carbocycles. The number of ether oxygens (including phenoxy) is 1. The molecule has 1 N–H and O–H groups in total. The minimum Gasteiger partial charge on any atom is -0.478 e. The van der Waals surface area contributed by atoms with E-state index < -0.39 is 31.6 Å². The highest BCUT2D eigenvalue weighted by atomic mass is 127. The maximum Gasteiger partial charge on any atom is 0.337 e. The van der Waals surface area contributed by atoms with Crippen molar-refractivity contribution in [3.63, 3.8) is 0 Å². The number of hydrogen-bond donors (Lipinski definition) is 1. The van der Waals surface area contributed by atoms with Crippen LogP contribution in [0.4, 0.5) is 0 Å². The zero-order valence-corrected chi connectivity index (χ0v) is 27.8. The molecule has 218 valence electrons. The molecule has 0 aliphatic rings. The van der Waals surface area contributed by atoms with Crippen molar-refractivity contribution < 1.29 is 36.3 Å². The molecule has 4 aromatic rings. The molecule has 2 aromatic carbocycles. The Bertz CT molecular complexity index is 1820. The van der Waals surface area contributed by atoms with Gasteiger partial charge in [-0.05, 0) is 93.7 Å². The van der Waals surface area contributed by atoms with Crippen molar-refractivity contribution in [2.45, 2.75) is 21.3 Å². The number of aromatic carboxylic acids is 1. The quantitative estimate of drug-likeness (QED) is 0.205. The van der Waals surface area contributed by atoms with Crippen LogP contribution in [-0.2, 0) is 50.0 Å². The summed E-state index contributed by atoms with van der Waals surface area (Å²) in [6.45, 7) is 0. The van der Waals surface area contributed by atoms with Crippen LogP contribution in [0.1, 0.15) is 32.1 Å². The Hall–Kier alpha value is -2.84. The van der Waals surface area contributed by atoms with Crippen LogP contribution in [0.5, 0.6) is 0 Å². The number of aryl methyl sites for hydroxylation is 2. The first-order valence-corrected chi connectivity index (χ1v) is 16.9. The van der Waals surface area contributed by atoms with Gasteiger partial charge in [0.05, 0.1) is 50.9 Å². The number of sulfone groups is 2. The number of carbonyl (C=O) groups excluding carboxylic acids is 1. The second kappa shape index (κ2) is 13.4. The first-order valence-electron chi connectivity index (χ1n) is 11.5. The predicted octanol–water partition coefficient (Wildman–Crippen LogP) is 3.48. The Morgan fingerprint density at radius 2 is 1.20 bits per heavy atom. The normalized spacial score (nSPS) is 11.4. The Morgan fingerprint density at radius 1 is 0.780 bits per heavy atom. The van der Waals surface area contributed by atoms with Gasteiger partial charge in [0.2, 0.25) is 0 Å². The maximum atomic E-state index is 12.4. The molecular formula is C25H24I2N4O8S2. The van der Waals surface area contributed by atoms with Gasteiger partial charge in [0.15, 0.2) is 19.7 Å². The Balaban J connectivity index is 0.000000226. The smallest absolute Gasteiger partial charge is 0.337 e. The molecule has 0 saturated heterocycles. The number of esters is 1. The summed E-state index contributed by atoms with van der Waals surface area (Å²) < 4.78 is 58.0. The summed E-state index contributed by atoms with van der Waals surface area (Å²) in [7, 11) is -2.35. The molecule has 0 unspecified atom stereocenters. The first kappa shape index (κ1) is 32.7. The maximum absolute atomic E-state index is 12.4. The lowest BCUT2D eigenvalue weighted by Crippen LogP contribution is -2.09. The SMILES string of the molecule is COC(=O)c1ccc(S(=O)(=O)Cc2ccn(C)n2)c(I)c1.Cn1ccc(CS(=O)(=O)c2ccc(C(=O)O)cc2I)n1. The fraction of sp³-hybridized carbons (Fsp3) is 0.200. The number of carboxylic acid groups (broad SMARTS) is 1. The number of methoxy groups -OCH3 is 1. The van der Waals surface area contributed by atoms with Crippen molar-refractivity contribution in [1.82, 2.24) is 19.6 Å². The second-order valence-corrected chi connectivity index (χ2v) is 14.8. The highest BCUT2D eigenvalue weighted by molar-refractivity contribution is 14.1. The van der Waals surface area contributed by atoms with E-state index in [4.69, 9.17) is 5.11 Å². The van der Waals surface area contributed by atoms with Crippen LogP contribution < -0.4 is 0 Å². The largest absolute Gasteiger partial charge is 0.478 e. The third kappa shape index (κ3) is 8.58. The van der Waals surface area contributed by atoms with E-state index in [1.165, 1.54) is 48.2 Å². The van der Waals surface area contributed by atoms with Crippen molar-refractivity contribution in [2.24, 2.45) is 14.1 Å². The van der Waals surface area contributed by atoms with Crippen molar-refractivity contribution in [1.29, 1.82) is 0 Å². The third-order valence-corrected chi connectivity index (χ3v) is 11.3. The molecule has 0 aliphatic heterocycles. The average Bonchev–Trinajstić information content (AvgIpc) is 3.49. The summed E-state index contributed by atoms with van der Waals surface area (Å²) in [5.41, 5.74) is 1.31. The summed E-state index contributed by atoms with van der Waals surface area (Å²) >= 11 is 3.72. The monoisotopic (exact) mass is 826 g/mol. The molecule has 0 fully saturated rings. The van der Waals surface area contributed by atoms with E-state index in [9.17, 15) is 26.4 Å². The van der Waals surface area contributed by atoms with Gasteiger partial charge < -0.3 is 9.84 Å². The van der Waals surface area contributed by atoms with Gasteiger partial charge in [-0.3, -0.25) is 9.36 Å². The fourth-order valence-electron chi connectivity index (χ4n) is 3.51. The van der Waals surface area contributed by atoms with Gasteiger partial charge in [-0.1, -0.05) is 0 Å². The van der Waals surface area contributed by atoms with Crippen LogP contribution in [-0.4, -0.2) is 60.6 Å². The summed E-state index contributed by atoms with van der Waals surface area (Å²) in [6, 6.07) is 11.6. The van der Waals surface area contributed by atoms with E-state index in [1.54, 1.807) is 43.3 Å². The molecular weight excluding hydrogens is 802 g/mol. The molecule has 0 spiro atoms. The first-order chi connectivity index (χ1) is 19.1. The number of carbonyl (C=O) groups is 2. The van der Waals surface area contributed by atoms with E-state index in [0.717, 1.165) is 0 Å². The Labute approximate surface area is 263 Å². The van der Waals surface area contributed by atoms with Crippen LogP contribution in [0, 0.1) is 7.14 Å². The zero-order valence-electron chi connectivity index (χ0n) is 21.9. The topological polar surface area (TPSA) is 168 Å². The fourth-order valence-corrected chi connectivity index (χ4v) is 9.21. The summed E-state index contributed by atoms with van der Waals surface area (Å²) in [5, 5.41) is 17.0. The zero-order chi connectivity index (χ0) is 30.5. The number of carboxylic acids is 1. The summed E-state index contributed by atoms with van der Waals surface area (Å²) in [4.78, 5) is 22.6. The molecule has 41 heavy (non-hydrogen) atoms. The van der Waals surface area contributed by atoms with Gasteiger partial charge in [-0.25, -0.2) is 26.4 Å². The molecule has 0 atom stereocenters. The van der Waals surface area contributed by atoms with E-state index in [1.807, 2.05) is 45.2 Å². The number of halogens is 2. The standard InChI is InChI=1S/C13H13IN2O4S.C12H11IN2O4S/c1-16-6-5-10(15-16)8-21(18,19)12-4-3-9(7-11(12)14)13(17)20-2;1-15-5-4-9(14-15)7-20(18,19)11-3-2-8(12(16)17)6-10(11)13/h3-7H,8H2,1-2H3;2-6H,7H2,1H3,(H,16,17). The van der Waals surface area contributed by atoms with Gasteiger partial charge in [0.1, 0.15) is 0 Å². The molecule has 16 heteroatoms. The number of benzene rings is 2. The highest BCUT2D eigenvalue weighted by Gasteiger charge is 2.22. The van der Waals surface area contributed by atoms with Crippen molar-refractivity contribution >= 4 is 76.8 Å². The average molecular weight is 826 g/mol. The van der Waals surface area contributed by atoms with Crippen LogP contribution in [0.25, 0.3) is 0 Å². The van der Waals surface area contributed by atoms with Crippen LogP contribution in [0.2, 0.25) is 0 Å². The Kier molecular flexibility index (Phi) is 10.7. The number of hydrogen-bond acceptors (Lipinski definition) is 9. The van der Waals surface area contributed by atoms with Crippen LogP contribution >= 0.6 is 45.2 Å². The van der Waals surface area contributed by atoms with Crippen LogP contribution in [0.15, 0.2) is 70.7 Å². The lowest BCUT2D eigenvalue weighted by Gasteiger charge is -2.07. The summed E-state index contributed by atoms with van der Waals surface area (Å²) in [6.07, 6.45) is 3.36. The van der Waals surface area contributed by atoms with Crippen molar-refractivity contribution in [2.75, 3.05) is 7.11 Å². The highest BCUT2D eigenvalue weighted by Crippen LogP contribution is 2.24. The minimum absolute atomic E-state index is 0.0613. The number of rotatable bonds is 8. The van der Waals surface area contributed by atoms with Gasteiger partial charge >= 0.3 is 11.9 Å². The number of nitrogens with zero attached hydrogens (tertiary/aromatic N) is 4. The second-order valence-electron chi connectivity index (χ2n) is 8.57. The molecule has 0 aliphatic carbocycles. The van der Waals surface area contributed by atoms with Crippen molar-refractivity contribution in [3.8, 4) is 0 Å². The third-order valence-electron chi connectivity index (χ3n) is 5.42. The molecule has 0 bridgehead atoms. The van der Waals surface area contributed by atoms with E-state index >= 15 is 0 Å². The van der Waals surface area contributed by atoms with Gasteiger partial charge in [0, 0.05) is 33.6 Å². The van der Waals surface area contributed by atoms with Crippen molar-refractivity contribution in [3.05, 3.63) is 90.6 Å². The van der Waals surface area contributed by atoms with Gasteiger partial charge in [-0.2, -0.15) is 10.2 Å². The van der Waals surface area contributed by atoms with E-state index in [-0.39, 0.29) is 26.9 Å². The minimum atomic E-state index is -3.55. The molecule has 2 aromatic heterocycles. The molecule has 2 heterocycles. The summed E-state index contributed by atoms with van der Waals surface area (Å²) in [5.74, 6) is -1.98. The lowest BCUT2D eigenvalue weighted by atomic mass is 10.2. The molecule has 12 nitrogen and oxygen atoms in total.